The van der Waals surface area contributed by atoms with Crippen molar-refractivity contribution in [2.24, 2.45) is 0 Å². The number of hydrogen-bond donors (Lipinski definition) is 1. The van der Waals surface area contributed by atoms with Crippen molar-refractivity contribution in [1.29, 1.82) is 0 Å². The SMILES string of the molecule is COC(=O)c1nc(-c2ccc(Cl)c(OC)c2F)nc(N)c1C=CSC. The number of nitrogens with two attached hydrogens (primary N) is 1. The van der Waals surface area contributed by atoms with E-state index in [2.05, 4.69) is 9.97 Å². The summed E-state index contributed by atoms with van der Waals surface area (Å²) in [4.78, 5) is 20.3. The number of rotatable bonds is 5. The molecule has 0 fully saturated rings. The first kappa shape index (κ1) is 19.0. The van der Waals surface area contributed by atoms with Gasteiger partial charge in [-0.1, -0.05) is 11.6 Å². The third kappa shape index (κ3) is 3.85. The molecule has 1 aromatic carbocycles. The maximum absolute atomic E-state index is 14.6. The normalized spacial score (nSPS) is 10.9. The van der Waals surface area contributed by atoms with Crippen LogP contribution in [0.3, 0.4) is 0 Å². The van der Waals surface area contributed by atoms with Crippen LogP contribution in [-0.2, 0) is 4.74 Å². The molecule has 0 unspecified atom stereocenters. The molecule has 2 N–H and O–H groups in total. The number of halogens is 2. The molecule has 1 aromatic heterocycles. The molecule has 9 heteroatoms. The Labute approximate surface area is 153 Å². The summed E-state index contributed by atoms with van der Waals surface area (Å²) in [6, 6.07) is 2.82. The van der Waals surface area contributed by atoms with Crippen LogP contribution in [0.5, 0.6) is 5.75 Å². The number of benzene rings is 1. The summed E-state index contributed by atoms with van der Waals surface area (Å²) in [6.07, 6.45) is 3.43. The summed E-state index contributed by atoms with van der Waals surface area (Å²) in [5, 5.41) is 1.82. The van der Waals surface area contributed by atoms with E-state index in [1.807, 2.05) is 6.26 Å². The van der Waals surface area contributed by atoms with Crippen molar-refractivity contribution in [3.05, 3.63) is 39.6 Å². The van der Waals surface area contributed by atoms with Gasteiger partial charge in [0.1, 0.15) is 5.82 Å². The van der Waals surface area contributed by atoms with Gasteiger partial charge in [0.05, 0.1) is 30.4 Å². The van der Waals surface area contributed by atoms with Gasteiger partial charge < -0.3 is 15.2 Å². The first-order valence-electron chi connectivity index (χ1n) is 6.92. The Hall–Kier alpha value is -2.32. The molecule has 0 amide bonds. The van der Waals surface area contributed by atoms with Gasteiger partial charge in [-0.15, -0.1) is 11.8 Å². The standard InChI is InChI=1S/C16H15ClFN3O3S/c1-23-13-10(17)5-4-8(11(13)18)15-20-12(16(22)24-2)9(6-7-25-3)14(19)21-15/h4-7H,1-3H3,(H2,19,20,21). The zero-order valence-electron chi connectivity index (χ0n) is 13.7. The van der Waals surface area contributed by atoms with Crippen LogP contribution in [-0.4, -0.2) is 36.4 Å². The second-order valence-electron chi connectivity index (χ2n) is 4.67. The summed E-state index contributed by atoms with van der Waals surface area (Å²) < 4.78 is 24.3. The van der Waals surface area contributed by atoms with Crippen LogP contribution < -0.4 is 10.5 Å². The molecule has 0 spiro atoms. The highest BCUT2D eigenvalue weighted by Crippen LogP contribution is 2.34. The van der Waals surface area contributed by atoms with Gasteiger partial charge in [-0.2, -0.15) is 0 Å². The summed E-state index contributed by atoms with van der Waals surface area (Å²) >= 11 is 7.30. The lowest BCUT2D eigenvalue weighted by atomic mass is 10.1. The van der Waals surface area contributed by atoms with E-state index >= 15 is 0 Å². The molecule has 2 aromatic rings. The number of carbonyl (C=O) groups is 1. The molecule has 0 saturated carbocycles. The lowest BCUT2D eigenvalue weighted by Gasteiger charge is -2.12. The van der Waals surface area contributed by atoms with Crippen LogP contribution in [0, 0.1) is 5.82 Å². The van der Waals surface area contributed by atoms with E-state index in [-0.39, 0.29) is 33.7 Å². The van der Waals surface area contributed by atoms with Gasteiger partial charge in [0, 0.05) is 0 Å². The van der Waals surface area contributed by atoms with Gasteiger partial charge in [-0.25, -0.2) is 19.2 Å². The lowest BCUT2D eigenvalue weighted by molar-refractivity contribution is 0.0593. The average molecular weight is 384 g/mol. The molecule has 0 aliphatic carbocycles. The zero-order chi connectivity index (χ0) is 18.6. The van der Waals surface area contributed by atoms with Gasteiger partial charge >= 0.3 is 5.97 Å². The van der Waals surface area contributed by atoms with Crippen LogP contribution in [0.15, 0.2) is 17.5 Å². The third-order valence-electron chi connectivity index (χ3n) is 3.22. The molecular formula is C16H15ClFN3O3S. The van der Waals surface area contributed by atoms with E-state index in [1.165, 1.54) is 38.1 Å². The minimum atomic E-state index is -0.752. The molecular weight excluding hydrogens is 369 g/mol. The minimum Gasteiger partial charge on any atom is -0.492 e. The number of anilines is 1. The van der Waals surface area contributed by atoms with Gasteiger partial charge in [-0.05, 0) is 29.9 Å². The monoisotopic (exact) mass is 383 g/mol. The van der Waals surface area contributed by atoms with Gasteiger partial charge in [-0.3, -0.25) is 0 Å². The number of nitrogens with zero attached hydrogens (tertiary/aromatic N) is 2. The second kappa shape index (κ2) is 8.17. The quantitative estimate of drug-likeness (QED) is 0.788. The number of methoxy groups -OCH3 is 2. The highest BCUT2D eigenvalue weighted by atomic mass is 35.5. The fraction of sp³-hybridized carbons (Fsp3) is 0.188. The van der Waals surface area contributed by atoms with Crippen molar-refractivity contribution >= 4 is 41.2 Å². The van der Waals surface area contributed by atoms with E-state index in [4.69, 9.17) is 26.8 Å². The molecule has 132 valence electrons. The van der Waals surface area contributed by atoms with Crippen LogP contribution >= 0.6 is 23.4 Å². The number of thioether (sulfide) groups is 1. The molecule has 0 aliphatic heterocycles. The van der Waals surface area contributed by atoms with Crippen LogP contribution in [0.4, 0.5) is 10.2 Å². The summed E-state index contributed by atoms with van der Waals surface area (Å²) in [7, 11) is 2.51. The molecule has 1 heterocycles. The molecule has 0 atom stereocenters. The van der Waals surface area contributed by atoms with E-state index < -0.39 is 11.8 Å². The number of esters is 1. The molecule has 0 bridgehead atoms. The molecule has 2 rings (SSSR count). The van der Waals surface area contributed by atoms with Gasteiger partial charge in [0.15, 0.2) is 23.1 Å². The largest absolute Gasteiger partial charge is 0.492 e. The maximum Gasteiger partial charge on any atom is 0.357 e. The van der Waals surface area contributed by atoms with Crippen molar-refractivity contribution in [2.45, 2.75) is 0 Å². The predicted molar refractivity (Wildman–Crippen MR) is 97.3 cm³/mol. The molecule has 0 saturated heterocycles. The molecule has 25 heavy (non-hydrogen) atoms. The third-order valence-corrected chi connectivity index (χ3v) is 3.92. The highest BCUT2D eigenvalue weighted by Gasteiger charge is 2.22. The van der Waals surface area contributed by atoms with Crippen LogP contribution in [0.25, 0.3) is 17.5 Å². The fourth-order valence-corrected chi connectivity index (χ4v) is 2.55. The summed E-state index contributed by atoms with van der Waals surface area (Å²) in [5.41, 5.74) is 6.17. The Kier molecular flexibility index (Phi) is 6.22. The topological polar surface area (TPSA) is 87.3 Å². The predicted octanol–water partition coefficient (Wildman–Crippen LogP) is 3.65. The van der Waals surface area contributed by atoms with E-state index in [0.717, 1.165) is 0 Å². The zero-order valence-corrected chi connectivity index (χ0v) is 15.2. The number of hydrogen-bond acceptors (Lipinski definition) is 7. The van der Waals surface area contributed by atoms with Gasteiger partial charge in [0.25, 0.3) is 0 Å². The van der Waals surface area contributed by atoms with Crippen molar-refractivity contribution in [3.8, 4) is 17.1 Å². The van der Waals surface area contributed by atoms with Crippen LogP contribution in [0.1, 0.15) is 16.1 Å². The smallest absolute Gasteiger partial charge is 0.357 e. The molecule has 6 nitrogen and oxygen atoms in total. The number of aromatic nitrogens is 2. The van der Waals surface area contributed by atoms with Crippen LogP contribution in [0.2, 0.25) is 5.02 Å². The van der Waals surface area contributed by atoms with E-state index in [1.54, 1.807) is 11.5 Å². The Morgan fingerprint density at radius 3 is 2.68 bits per heavy atom. The Bertz CT molecular complexity index is 846. The molecule has 0 aliphatic rings. The maximum atomic E-state index is 14.6. The number of nitrogen functional groups attached to an aromatic ring is 1. The van der Waals surface area contributed by atoms with Crippen molar-refractivity contribution < 1.29 is 18.7 Å². The van der Waals surface area contributed by atoms with E-state index in [0.29, 0.717) is 5.56 Å². The fourth-order valence-electron chi connectivity index (χ4n) is 2.05. The van der Waals surface area contributed by atoms with Gasteiger partial charge in [0.2, 0.25) is 0 Å². The number of carbonyl (C=O) groups excluding carboxylic acids is 1. The molecule has 0 radical (unpaired) electrons. The van der Waals surface area contributed by atoms with E-state index in [9.17, 15) is 9.18 Å². The Morgan fingerprint density at radius 2 is 2.08 bits per heavy atom. The summed E-state index contributed by atoms with van der Waals surface area (Å²) in [6.45, 7) is 0. The van der Waals surface area contributed by atoms with Crippen molar-refractivity contribution in [1.82, 2.24) is 9.97 Å². The second-order valence-corrected chi connectivity index (χ2v) is 5.82. The number of ether oxygens (including phenoxy) is 2. The minimum absolute atomic E-state index is 0.00139. The first-order valence-corrected chi connectivity index (χ1v) is 8.58. The summed E-state index contributed by atoms with van der Waals surface area (Å²) in [5.74, 6) is -1.67. The Morgan fingerprint density at radius 1 is 1.36 bits per heavy atom. The lowest BCUT2D eigenvalue weighted by Crippen LogP contribution is -2.12. The highest BCUT2D eigenvalue weighted by molar-refractivity contribution is 8.01. The first-order chi connectivity index (χ1) is 11.9. The van der Waals surface area contributed by atoms with Crippen molar-refractivity contribution in [2.75, 3.05) is 26.2 Å². The van der Waals surface area contributed by atoms with Crippen molar-refractivity contribution in [3.63, 3.8) is 0 Å². The average Bonchev–Trinajstić information content (AvgIpc) is 2.60. The Balaban J connectivity index is 2.71.